The second-order valence-electron chi connectivity index (χ2n) is 4.55. The van der Waals surface area contributed by atoms with Crippen LogP contribution in [0.5, 0.6) is 5.75 Å². The van der Waals surface area contributed by atoms with Gasteiger partial charge in [-0.3, -0.25) is 0 Å². The SMILES string of the molecule is CC(N)c1ccc(Br)cc1OCCc1ccccc1. The third kappa shape index (κ3) is 4.08. The van der Waals surface area contributed by atoms with Crippen molar-refractivity contribution in [1.29, 1.82) is 0 Å². The van der Waals surface area contributed by atoms with Crippen molar-refractivity contribution in [2.24, 2.45) is 5.73 Å². The maximum Gasteiger partial charge on any atom is 0.125 e. The predicted octanol–water partition coefficient (Wildman–Crippen LogP) is 4.09. The van der Waals surface area contributed by atoms with Gasteiger partial charge in [0.05, 0.1) is 6.61 Å². The zero-order valence-corrected chi connectivity index (χ0v) is 12.6. The molecule has 19 heavy (non-hydrogen) atoms. The molecule has 1 atom stereocenters. The summed E-state index contributed by atoms with van der Waals surface area (Å²) in [6.45, 7) is 2.62. The van der Waals surface area contributed by atoms with Gasteiger partial charge < -0.3 is 10.5 Å². The smallest absolute Gasteiger partial charge is 0.125 e. The van der Waals surface area contributed by atoms with Gasteiger partial charge in [0.25, 0.3) is 0 Å². The largest absolute Gasteiger partial charge is 0.493 e. The summed E-state index contributed by atoms with van der Waals surface area (Å²) < 4.78 is 6.88. The molecule has 2 aromatic rings. The summed E-state index contributed by atoms with van der Waals surface area (Å²) in [5, 5.41) is 0. The van der Waals surface area contributed by atoms with E-state index < -0.39 is 0 Å². The van der Waals surface area contributed by atoms with E-state index in [1.54, 1.807) is 0 Å². The first-order valence-corrected chi connectivity index (χ1v) is 7.18. The molecule has 0 spiro atoms. The molecule has 0 aliphatic carbocycles. The molecular weight excluding hydrogens is 302 g/mol. The van der Waals surface area contributed by atoms with Gasteiger partial charge in [-0.1, -0.05) is 52.3 Å². The van der Waals surface area contributed by atoms with Crippen molar-refractivity contribution in [3.05, 3.63) is 64.1 Å². The Morgan fingerprint density at radius 3 is 2.58 bits per heavy atom. The monoisotopic (exact) mass is 319 g/mol. The summed E-state index contributed by atoms with van der Waals surface area (Å²) in [5.41, 5.74) is 8.27. The van der Waals surface area contributed by atoms with Gasteiger partial charge in [-0.2, -0.15) is 0 Å². The number of ether oxygens (including phenoxy) is 1. The normalized spacial score (nSPS) is 12.2. The Hall–Kier alpha value is -1.32. The quantitative estimate of drug-likeness (QED) is 0.900. The van der Waals surface area contributed by atoms with E-state index in [1.807, 2.05) is 43.3 Å². The Kier molecular flexibility index (Phi) is 5.00. The first-order chi connectivity index (χ1) is 9.16. The lowest BCUT2D eigenvalue weighted by Crippen LogP contribution is -2.09. The summed E-state index contributed by atoms with van der Waals surface area (Å²) in [4.78, 5) is 0. The first kappa shape index (κ1) is 14.1. The van der Waals surface area contributed by atoms with Crippen LogP contribution in [-0.4, -0.2) is 6.61 Å². The van der Waals surface area contributed by atoms with Crippen LogP contribution in [-0.2, 0) is 6.42 Å². The second kappa shape index (κ2) is 6.73. The molecule has 0 fully saturated rings. The summed E-state index contributed by atoms with van der Waals surface area (Å²) >= 11 is 3.46. The maximum absolute atomic E-state index is 5.95. The summed E-state index contributed by atoms with van der Waals surface area (Å²) in [6, 6.07) is 16.3. The Morgan fingerprint density at radius 1 is 1.16 bits per heavy atom. The van der Waals surface area contributed by atoms with Crippen molar-refractivity contribution < 1.29 is 4.74 Å². The molecule has 0 amide bonds. The van der Waals surface area contributed by atoms with Gasteiger partial charge in [-0.25, -0.2) is 0 Å². The fraction of sp³-hybridized carbons (Fsp3) is 0.250. The average molecular weight is 320 g/mol. The standard InChI is InChI=1S/C16H18BrNO/c1-12(18)15-8-7-14(17)11-16(15)19-10-9-13-5-3-2-4-6-13/h2-8,11-12H,9-10,18H2,1H3. The van der Waals surface area contributed by atoms with Gasteiger partial charge in [0, 0.05) is 22.5 Å². The number of benzene rings is 2. The van der Waals surface area contributed by atoms with Gasteiger partial charge >= 0.3 is 0 Å². The van der Waals surface area contributed by atoms with Crippen LogP contribution in [0.2, 0.25) is 0 Å². The second-order valence-corrected chi connectivity index (χ2v) is 5.47. The highest BCUT2D eigenvalue weighted by Crippen LogP contribution is 2.27. The van der Waals surface area contributed by atoms with Crippen LogP contribution in [0.4, 0.5) is 0 Å². The van der Waals surface area contributed by atoms with E-state index in [4.69, 9.17) is 10.5 Å². The lowest BCUT2D eigenvalue weighted by molar-refractivity contribution is 0.317. The highest BCUT2D eigenvalue weighted by Gasteiger charge is 2.08. The van der Waals surface area contributed by atoms with Crippen molar-refractivity contribution in [2.75, 3.05) is 6.61 Å². The molecule has 0 saturated carbocycles. The summed E-state index contributed by atoms with van der Waals surface area (Å²) in [7, 11) is 0. The van der Waals surface area contributed by atoms with Gasteiger partial charge in [0.15, 0.2) is 0 Å². The van der Waals surface area contributed by atoms with Gasteiger partial charge in [-0.05, 0) is 24.6 Å². The molecule has 0 heterocycles. The third-order valence-electron chi connectivity index (χ3n) is 2.96. The molecule has 2 nitrogen and oxygen atoms in total. The Bertz CT molecular complexity index is 526. The number of halogens is 1. The molecule has 3 heteroatoms. The molecule has 1 unspecified atom stereocenters. The number of nitrogens with two attached hydrogens (primary N) is 1. The molecule has 0 saturated heterocycles. The lowest BCUT2D eigenvalue weighted by Gasteiger charge is -2.14. The molecule has 2 rings (SSSR count). The van der Waals surface area contributed by atoms with E-state index in [2.05, 4.69) is 28.1 Å². The minimum Gasteiger partial charge on any atom is -0.493 e. The first-order valence-electron chi connectivity index (χ1n) is 6.38. The van der Waals surface area contributed by atoms with Crippen LogP contribution >= 0.6 is 15.9 Å². The van der Waals surface area contributed by atoms with E-state index in [0.29, 0.717) is 6.61 Å². The van der Waals surface area contributed by atoms with Gasteiger partial charge in [-0.15, -0.1) is 0 Å². The molecule has 100 valence electrons. The molecule has 0 radical (unpaired) electrons. The van der Waals surface area contributed by atoms with Crippen molar-refractivity contribution in [2.45, 2.75) is 19.4 Å². The molecule has 0 bridgehead atoms. The van der Waals surface area contributed by atoms with Crippen molar-refractivity contribution in [1.82, 2.24) is 0 Å². The highest BCUT2D eigenvalue weighted by atomic mass is 79.9. The molecule has 0 aromatic heterocycles. The molecule has 0 aliphatic heterocycles. The van der Waals surface area contributed by atoms with E-state index in [-0.39, 0.29) is 6.04 Å². The van der Waals surface area contributed by atoms with Crippen LogP contribution < -0.4 is 10.5 Å². The molecule has 0 aliphatic rings. The molecule has 2 aromatic carbocycles. The molecule has 2 N–H and O–H groups in total. The van der Waals surface area contributed by atoms with Crippen LogP contribution in [0.1, 0.15) is 24.1 Å². The average Bonchev–Trinajstić information content (AvgIpc) is 2.39. The lowest BCUT2D eigenvalue weighted by atomic mass is 10.1. The van der Waals surface area contributed by atoms with Crippen molar-refractivity contribution in [3.8, 4) is 5.75 Å². The Labute approximate surface area is 122 Å². The zero-order valence-electron chi connectivity index (χ0n) is 11.0. The minimum atomic E-state index is -0.0279. The minimum absolute atomic E-state index is 0.0279. The van der Waals surface area contributed by atoms with Crippen LogP contribution in [0.15, 0.2) is 53.0 Å². The number of hydrogen-bond acceptors (Lipinski definition) is 2. The van der Waals surface area contributed by atoms with Crippen LogP contribution in [0.25, 0.3) is 0 Å². The molecular formula is C16H18BrNO. The van der Waals surface area contributed by atoms with E-state index in [0.717, 1.165) is 22.2 Å². The van der Waals surface area contributed by atoms with Crippen LogP contribution in [0, 0.1) is 0 Å². The third-order valence-corrected chi connectivity index (χ3v) is 3.45. The maximum atomic E-state index is 5.95. The Morgan fingerprint density at radius 2 is 1.89 bits per heavy atom. The van der Waals surface area contributed by atoms with Crippen molar-refractivity contribution >= 4 is 15.9 Å². The fourth-order valence-corrected chi connectivity index (χ4v) is 2.27. The zero-order chi connectivity index (χ0) is 13.7. The van der Waals surface area contributed by atoms with Crippen LogP contribution in [0.3, 0.4) is 0 Å². The van der Waals surface area contributed by atoms with Gasteiger partial charge in [0.2, 0.25) is 0 Å². The summed E-state index contributed by atoms with van der Waals surface area (Å²) in [6.07, 6.45) is 0.895. The van der Waals surface area contributed by atoms with Gasteiger partial charge in [0.1, 0.15) is 5.75 Å². The van der Waals surface area contributed by atoms with E-state index in [1.165, 1.54) is 5.56 Å². The number of hydrogen-bond donors (Lipinski definition) is 1. The Balaban J connectivity index is 2.01. The van der Waals surface area contributed by atoms with E-state index in [9.17, 15) is 0 Å². The fourth-order valence-electron chi connectivity index (χ4n) is 1.93. The summed E-state index contributed by atoms with van der Waals surface area (Å²) in [5.74, 6) is 0.861. The topological polar surface area (TPSA) is 35.2 Å². The predicted molar refractivity (Wildman–Crippen MR) is 82.4 cm³/mol. The van der Waals surface area contributed by atoms with E-state index >= 15 is 0 Å². The highest BCUT2D eigenvalue weighted by molar-refractivity contribution is 9.10. The number of rotatable bonds is 5. The van der Waals surface area contributed by atoms with Crippen molar-refractivity contribution in [3.63, 3.8) is 0 Å².